The third-order valence-corrected chi connectivity index (χ3v) is 9.29. The molecule has 0 spiro atoms. The number of likely N-dealkylation sites (tertiary alicyclic amines) is 1. The third-order valence-electron chi connectivity index (χ3n) is 7.45. The van der Waals surface area contributed by atoms with Crippen molar-refractivity contribution in [1.29, 1.82) is 0 Å². The first kappa shape index (κ1) is 24.5. The van der Waals surface area contributed by atoms with Crippen LogP contribution in [0.3, 0.4) is 0 Å². The Balaban J connectivity index is 1.19. The van der Waals surface area contributed by atoms with Crippen LogP contribution in [-0.4, -0.2) is 33.7 Å². The fourth-order valence-electron chi connectivity index (χ4n) is 5.33. The zero-order valence-corrected chi connectivity index (χ0v) is 23.4. The van der Waals surface area contributed by atoms with Gasteiger partial charge in [-0.2, -0.15) is 0 Å². The second-order valence-corrected chi connectivity index (χ2v) is 11.9. The van der Waals surface area contributed by atoms with Crippen molar-refractivity contribution in [3.05, 3.63) is 99.0 Å². The molecule has 5 nitrogen and oxygen atoms in total. The van der Waals surface area contributed by atoms with Crippen LogP contribution in [0.4, 0.5) is 5.69 Å². The van der Waals surface area contributed by atoms with Crippen LogP contribution in [0.1, 0.15) is 34.4 Å². The van der Waals surface area contributed by atoms with Crippen molar-refractivity contribution in [1.82, 2.24) is 20.2 Å². The highest BCUT2D eigenvalue weighted by molar-refractivity contribution is 9.10. The van der Waals surface area contributed by atoms with E-state index in [1.807, 2.05) is 42.2 Å². The number of nitrogens with zero attached hydrogens (tertiary/aromatic N) is 4. The Morgan fingerprint density at radius 2 is 1.92 bits per heavy atom. The summed E-state index contributed by atoms with van der Waals surface area (Å²) in [6.07, 6.45) is 12.8. The van der Waals surface area contributed by atoms with Gasteiger partial charge < -0.3 is 5.32 Å². The summed E-state index contributed by atoms with van der Waals surface area (Å²) in [7, 11) is 0. The molecular formula is C30H30BrN5S. The molecule has 2 aliphatic rings. The maximum absolute atomic E-state index is 5.20. The SMILES string of the molecule is Cc1c(CN2CCC(C3=Nc4c(Br)cncc4CC(NCc4cccnc4)=C3)CC2)sc2ccccc12. The molecule has 0 bridgehead atoms. The van der Waals surface area contributed by atoms with Crippen LogP contribution in [0.25, 0.3) is 10.1 Å². The lowest BCUT2D eigenvalue weighted by molar-refractivity contribution is 0.203. The number of benzene rings is 1. The van der Waals surface area contributed by atoms with E-state index in [4.69, 9.17) is 4.99 Å². The molecule has 1 fully saturated rings. The summed E-state index contributed by atoms with van der Waals surface area (Å²) >= 11 is 5.65. The van der Waals surface area contributed by atoms with Gasteiger partial charge in [-0.3, -0.25) is 19.9 Å². The van der Waals surface area contributed by atoms with Crippen LogP contribution in [-0.2, 0) is 19.5 Å². The van der Waals surface area contributed by atoms with Gasteiger partial charge in [-0.05, 0) is 83.5 Å². The molecular weight excluding hydrogens is 542 g/mol. The summed E-state index contributed by atoms with van der Waals surface area (Å²) in [4.78, 5) is 18.0. The maximum Gasteiger partial charge on any atom is 0.0841 e. The van der Waals surface area contributed by atoms with Gasteiger partial charge in [-0.25, -0.2) is 0 Å². The van der Waals surface area contributed by atoms with E-state index in [2.05, 4.69) is 79.4 Å². The molecule has 0 saturated carbocycles. The van der Waals surface area contributed by atoms with Gasteiger partial charge >= 0.3 is 0 Å². The van der Waals surface area contributed by atoms with Crippen LogP contribution in [0.5, 0.6) is 0 Å². The van der Waals surface area contributed by atoms with Crippen molar-refractivity contribution >= 4 is 48.8 Å². The van der Waals surface area contributed by atoms with Gasteiger partial charge in [0.15, 0.2) is 0 Å². The lowest BCUT2D eigenvalue weighted by Gasteiger charge is -2.32. The Kier molecular flexibility index (Phi) is 7.18. The van der Waals surface area contributed by atoms with Crippen molar-refractivity contribution in [2.45, 2.75) is 39.3 Å². The number of aromatic nitrogens is 2. The lowest BCUT2D eigenvalue weighted by atomic mass is 9.91. The molecule has 188 valence electrons. The molecule has 2 aliphatic heterocycles. The van der Waals surface area contributed by atoms with Gasteiger partial charge in [-0.15, -0.1) is 11.3 Å². The molecule has 3 aromatic heterocycles. The standard InChI is InChI=1S/C30H30BrN5S/c1-20-25-6-2-3-7-28(25)37-29(20)19-36-11-8-22(9-12-36)27-14-24(34-16-21-5-4-10-32-15-21)13-23-17-33-18-26(31)30(23)35-27/h2-7,10,14-15,17-18,22,34H,8-9,11-13,16,19H2,1H3. The molecule has 5 heterocycles. The van der Waals surface area contributed by atoms with E-state index in [9.17, 15) is 0 Å². The Bertz CT molecular complexity index is 1470. The minimum Gasteiger partial charge on any atom is -0.384 e. The molecule has 4 aromatic rings. The lowest BCUT2D eigenvalue weighted by Crippen LogP contribution is -2.35. The van der Waals surface area contributed by atoms with Crippen molar-refractivity contribution < 1.29 is 0 Å². The van der Waals surface area contributed by atoms with E-state index >= 15 is 0 Å². The number of hydrogen-bond acceptors (Lipinski definition) is 6. The largest absolute Gasteiger partial charge is 0.384 e. The minimum absolute atomic E-state index is 0.445. The predicted octanol–water partition coefficient (Wildman–Crippen LogP) is 6.98. The highest BCUT2D eigenvalue weighted by atomic mass is 79.9. The second-order valence-electron chi connectivity index (χ2n) is 9.92. The number of thiophene rings is 1. The molecule has 7 heteroatoms. The highest BCUT2D eigenvalue weighted by Gasteiger charge is 2.26. The normalized spacial score (nSPS) is 16.7. The Morgan fingerprint density at radius 3 is 2.73 bits per heavy atom. The molecule has 1 saturated heterocycles. The van der Waals surface area contributed by atoms with E-state index in [-0.39, 0.29) is 0 Å². The van der Waals surface area contributed by atoms with Gasteiger partial charge in [0.2, 0.25) is 0 Å². The van der Waals surface area contributed by atoms with Crippen molar-refractivity contribution in [3.8, 4) is 0 Å². The van der Waals surface area contributed by atoms with E-state index < -0.39 is 0 Å². The van der Waals surface area contributed by atoms with Gasteiger partial charge in [0.05, 0.1) is 10.2 Å². The first-order valence-electron chi connectivity index (χ1n) is 12.9. The van der Waals surface area contributed by atoms with Crippen LogP contribution in [0, 0.1) is 12.8 Å². The van der Waals surface area contributed by atoms with E-state index in [1.165, 1.54) is 37.5 Å². The first-order valence-corrected chi connectivity index (χ1v) is 14.5. The average Bonchev–Trinajstić information content (AvgIpc) is 3.11. The maximum atomic E-state index is 5.20. The Morgan fingerprint density at radius 1 is 1.05 bits per heavy atom. The zero-order chi connectivity index (χ0) is 25.2. The van der Waals surface area contributed by atoms with Crippen LogP contribution < -0.4 is 5.32 Å². The number of aliphatic imine (C=N–C) groups is 1. The molecule has 0 radical (unpaired) electrons. The fourth-order valence-corrected chi connectivity index (χ4v) is 7.04. The zero-order valence-electron chi connectivity index (χ0n) is 21.0. The molecule has 0 aliphatic carbocycles. The number of fused-ring (bicyclic) bond motifs is 2. The summed E-state index contributed by atoms with van der Waals surface area (Å²) < 4.78 is 2.36. The minimum atomic E-state index is 0.445. The third kappa shape index (κ3) is 5.40. The summed E-state index contributed by atoms with van der Waals surface area (Å²) in [5.74, 6) is 0.445. The number of halogens is 1. The smallest absolute Gasteiger partial charge is 0.0841 e. The number of rotatable bonds is 6. The van der Waals surface area contributed by atoms with E-state index in [1.54, 1.807) is 0 Å². The number of hydrogen-bond donors (Lipinski definition) is 1. The summed E-state index contributed by atoms with van der Waals surface area (Å²) in [5.41, 5.74) is 7.14. The number of allylic oxidation sites excluding steroid dienone is 2. The van der Waals surface area contributed by atoms with Crippen molar-refractivity contribution in [3.63, 3.8) is 0 Å². The van der Waals surface area contributed by atoms with Crippen LogP contribution >= 0.6 is 27.3 Å². The average molecular weight is 573 g/mol. The molecule has 1 aromatic carbocycles. The quantitative estimate of drug-likeness (QED) is 0.271. The number of pyridine rings is 2. The Labute approximate surface area is 230 Å². The van der Waals surface area contributed by atoms with Crippen molar-refractivity contribution in [2.75, 3.05) is 13.1 Å². The summed E-state index contributed by atoms with van der Waals surface area (Å²) in [6.45, 7) is 6.24. The molecule has 1 N–H and O–H groups in total. The number of aryl methyl sites for hydroxylation is 1. The summed E-state index contributed by atoms with van der Waals surface area (Å²) in [5, 5.41) is 5.06. The van der Waals surface area contributed by atoms with Gasteiger partial charge in [0, 0.05) is 76.8 Å². The summed E-state index contributed by atoms with van der Waals surface area (Å²) in [6, 6.07) is 12.9. The van der Waals surface area contributed by atoms with Gasteiger partial charge in [0.1, 0.15) is 0 Å². The number of nitrogens with one attached hydrogen (secondary N) is 1. The second kappa shape index (κ2) is 10.9. The fraction of sp³-hybridized carbons (Fsp3) is 0.300. The Hall–Kier alpha value is -2.87. The van der Waals surface area contributed by atoms with Crippen LogP contribution in [0.15, 0.2) is 82.4 Å². The molecule has 0 atom stereocenters. The van der Waals surface area contributed by atoms with Crippen LogP contribution in [0.2, 0.25) is 0 Å². The van der Waals surface area contributed by atoms with Gasteiger partial charge in [-0.1, -0.05) is 24.3 Å². The number of piperidine rings is 1. The van der Waals surface area contributed by atoms with Crippen molar-refractivity contribution in [2.24, 2.45) is 10.9 Å². The van der Waals surface area contributed by atoms with Gasteiger partial charge in [0.25, 0.3) is 0 Å². The molecule has 37 heavy (non-hydrogen) atoms. The molecule has 0 unspecified atom stereocenters. The monoisotopic (exact) mass is 571 g/mol. The first-order chi connectivity index (χ1) is 18.1. The highest BCUT2D eigenvalue weighted by Crippen LogP contribution is 2.35. The molecule has 0 amide bonds. The van der Waals surface area contributed by atoms with E-state index in [0.717, 1.165) is 61.2 Å². The predicted molar refractivity (Wildman–Crippen MR) is 156 cm³/mol. The van der Waals surface area contributed by atoms with E-state index in [0.29, 0.717) is 5.92 Å². The molecule has 6 rings (SSSR count). The topological polar surface area (TPSA) is 53.4 Å².